The Morgan fingerprint density at radius 1 is 0.684 bits per heavy atom. The van der Waals surface area contributed by atoms with Crippen LogP contribution < -0.4 is 4.74 Å². The smallest absolute Gasteiger partial charge is 0.213 e. The Morgan fingerprint density at radius 3 is 1.95 bits per heavy atom. The van der Waals surface area contributed by atoms with E-state index in [1.54, 1.807) is 11.3 Å². The van der Waals surface area contributed by atoms with E-state index in [0.717, 1.165) is 52.0 Å². The van der Waals surface area contributed by atoms with Gasteiger partial charge < -0.3 is 4.74 Å². The number of hydrogen-bond acceptors (Lipinski definition) is 4. The second-order valence-corrected chi connectivity index (χ2v) is 11.4. The van der Waals surface area contributed by atoms with E-state index in [2.05, 4.69) is 62.4 Å². The van der Waals surface area contributed by atoms with Crippen molar-refractivity contribution in [2.24, 2.45) is 0 Å². The van der Waals surface area contributed by atoms with Crippen molar-refractivity contribution in [2.45, 2.75) is 104 Å². The highest BCUT2D eigenvalue weighted by molar-refractivity contribution is 7.19. The van der Waals surface area contributed by atoms with Gasteiger partial charge in [-0.2, -0.15) is 5.10 Å². The fourth-order valence-corrected chi connectivity index (χ4v) is 5.74. The number of unbranched alkanes of at least 4 members (excludes halogenated alkanes) is 11. The molecule has 0 spiro atoms. The topological polar surface area (TPSA) is 39.4 Å². The highest BCUT2D eigenvalue weighted by atomic mass is 32.1. The summed E-state index contributed by atoms with van der Waals surface area (Å²) in [6, 6.07) is 17.2. The predicted octanol–water partition coefficient (Wildman–Crippen LogP) is 10.2. The van der Waals surface area contributed by atoms with Crippen LogP contribution in [0.25, 0.3) is 26.8 Å². The van der Waals surface area contributed by atoms with E-state index in [9.17, 15) is 0 Å². The van der Waals surface area contributed by atoms with Crippen LogP contribution in [0.4, 0.5) is 0 Å². The highest BCUT2D eigenvalue weighted by Crippen LogP contribution is 2.29. The van der Waals surface area contributed by atoms with Crippen LogP contribution in [0.5, 0.6) is 5.75 Å². The van der Waals surface area contributed by atoms with Gasteiger partial charge in [0.2, 0.25) is 4.96 Å². The van der Waals surface area contributed by atoms with Gasteiger partial charge in [-0.15, -0.1) is 0 Å². The molecule has 4 aromatic rings. The van der Waals surface area contributed by atoms with Crippen LogP contribution in [-0.4, -0.2) is 21.2 Å². The summed E-state index contributed by atoms with van der Waals surface area (Å²) in [7, 11) is 0. The van der Waals surface area contributed by atoms with Crippen molar-refractivity contribution in [1.29, 1.82) is 0 Å². The fourth-order valence-electron chi connectivity index (χ4n) is 4.85. The quantitative estimate of drug-likeness (QED) is 0.120. The van der Waals surface area contributed by atoms with Crippen LogP contribution in [0.15, 0.2) is 54.7 Å². The Labute approximate surface area is 233 Å². The zero-order valence-electron chi connectivity index (χ0n) is 23.5. The molecule has 0 N–H and O–H groups in total. The van der Waals surface area contributed by atoms with Crippen LogP contribution in [0, 0.1) is 0 Å². The first-order chi connectivity index (χ1) is 18.8. The standard InChI is InChI=1S/C33H45N3OS/c1-3-5-7-9-10-11-13-15-25-37-30-23-21-28(22-24-30)31-26-36-33(34-31)38-32(35-36)29-19-17-27(18-20-29)16-14-12-8-6-4-2/h17-24,26H,3-16,25H2,1-2H3. The molecule has 0 aliphatic rings. The maximum Gasteiger partial charge on any atom is 0.213 e. The van der Waals surface area contributed by atoms with Crippen molar-refractivity contribution in [2.75, 3.05) is 6.61 Å². The molecule has 0 saturated carbocycles. The third-order valence-corrected chi connectivity index (χ3v) is 8.20. The molecule has 0 aliphatic heterocycles. The van der Waals surface area contributed by atoms with Gasteiger partial charge in [0.1, 0.15) is 10.8 Å². The van der Waals surface area contributed by atoms with Gasteiger partial charge in [-0.25, -0.2) is 9.50 Å². The zero-order chi connectivity index (χ0) is 26.4. The average Bonchev–Trinajstić information content (AvgIpc) is 3.53. The largest absolute Gasteiger partial charge is 0.494 e. The molecule has 0 unspecified atom stereocenters. The number of rotatable bonds is 18. The number of aryl methyl sites for hydroxylation is 1. The Bertz CT molecular complexity index is 1160. The summed E-state index contributed by atoms with van der Waals surface area (Å²) in [5.41, 5.74) is 4.61. The van der Waals surface area contributed by atoms with E-state index in [-0.39, 0.29) is 0 Å². The molecular weight excluding hydrogens is 486 g/mol. The van der Waals surface area contributed by atoms with E-state index in [1.807, 2.05) is 10.7 Å². The molecule has 2 aromatic carbocycles. The van der Waals surface area contributed by atoms with Crippen LogP contribution in [-0.2, 0) is 6.42 Å². The minimum atomic E-state index is 0.793. The molecule has 204 valence electrons. The molecule has 0 aliphatic carbocycles. The number of imidazole rings is 1. The average molecular weight is 532 g/mol. The van der Waals surface area contributed by atoms with E-state index in [4.69, 9.17) is 14.8 Å². The van der Waals surface area contributed by atoms with Crippen molar-refractivity contribution in [3.05, 3.63) is 60.3 Å². The number of benzene rings is 2. The van der Waals surface area contributed by atoms with Gasteiger partial charge in [0.05, 0.1) is 18.5 Å². The molecule has 2 heterocycles. The third kappa shape index (κ3) is 8.69. The monoisotopic (exact) mass is 531 g/mol. The summed E-state index contributed by atoms with van der Waals surface area (Å²) in [6.07, 6.45) is 20.3. The van der Waals surface area contributed by atoms with Gasteiger partial charge in [0.25, 0.3) is 0 Å². The van der Waals surface area contributed by atoms with Crippen molar-refractivity contribution < 1.29 is 4.74 Å². The molecular formula is C33H45N3OS. The third-order valence-electron chi connectivity index (χ3n) is 7.23. The van der Waals surface area contributed by atoms with Gasteiger partial charge in [-0.05, 0) is 49.1 Å². The lowest BCUT2D eigenvalue weighted by Crippen LogP contribution is -1.97. The number of aromatic nitrogens is 3. The van der Waals surface area contributed by atoms with E-state index in [1.165, 1.54) is 82.6 Å². The minimum absolute atomic E-state index is 0.793. The van der Waals surface area contributed by atoms with Crippen LogP contribution in [0.3, 0.4) is 0 Å². The molecule has 0 atom stereocenters. The molecule has 5 heteroatoms. The number of ether oxygens (including phenoxy) is 1. The van der Waals surface area contributed by atoms with Gasteiger partial charge in [0.15, 0.2) is 0 Å². The maximum atomic E-state index is 5.96. The predicted molar refractivity (Wildman–Crippen MR) is 162 cm³/mol. The van der Waals surface area contributed by atoms with E-state index in [0.29, 0.717) is 0 Å². The molecule has 2 aromatic heterocycles. The SMILES string of the molecule is CCCCCCCCCCOc1ccc(-c2cn3nc(-c4ccc(CCCCCCC)cc4)sc3n2)cc1. The van der Waals surface area contributed by atoms with Crippen LogP contribution in [0.1, 0.15) is 103 Å². The van der Waals surface area contributed by atoms with Crippen molar-refractivity contribution in [3.8, 4) is 27.6 Å². The van der Waals surface area contributed by atoms with Crippen molar-refractivity contribution in [3.63, 3.8) is 0 Å². The van der Waals surface area contributed by atoms with Gasteiger partial charge in [0, 0.05) is 11.1 Å². The summed E-state index contributed by atoms with van der Waals surface area (Å²) in [5, 5.41) is 5.82. The van der Waals surface area contributed by atoms with Gasteiger partial charge in [-0.3, -0.25) is 0 Å². The molecule has 0 amide bonds. The van der Waals surface area contributed by atoms with Crippen molar-refractivity contribution >= 4 is 16.3 Å². The molecule has 0 bridgehead atoms. The first-order valence-corrected chi connectivity index (χ1v) is 15.8. The Hall–Kier alpha value is -2.66. The summed E-state index contributed by atoms with van der Waals surface area (Å²) < 4.78 is 7.87. The normalized spacial score (nSPS) is 11.4. The summed E-state index contributed by atoms with van der Waals surface area (Å²) in [5.74, 6) is 0.933. The summed E-state index contributed by atoms with van der Waals surface area (Å²) >= 11 is 1.64. The van der Waals surface area contributed by atoms with E-state index >= 15 is 0 Å². The van der Waals surface area contributed by atoms with Crippen molar-refractivity contribution in [1.82, 2.24) is 14.6 Å². The Balaban J connectivity index is 1.23. The summed E-state index contributed by atoms with van der Waals surface area (Å²) in [4.78, 5) is 5.76. The molecule has 0 saturated heterocycles. The fraction of sp³-hybridized carbons (Fsp3) is 0.515. The first kappa shape index (κ1) is 28.4. The summed E-state index contributed by atoms with van der Waals surface area (Å²) in [6.45, 7) is 5.33. The Morgan fingerprint density at radius 2 is 1.29 bits per heavy atom. The van der Waals surface area contributed by atoms with Crippen LogP contribution >= 0.6 is 11.3 Å². The second kappa shape index (κ2) is 15.7. The molecule has 4 nitrogen and oxygen atoms in total. The Kier molecular flexibility index (Phi) is 11.7. The number of fused-ring (bicyclic) bond motifs is 1. The number of nitrogens with zero attached hydrogens (tertiary/aromatic N) is 3. The van der Waals surface area contributed by atoms with E-state index < -0.39 is 0 Å². The molecule has 0 radical (unpaired) electrons. The zero-order valence-corrected chi connectivity index (χ0v) is 24.3. The van der Waals surface area contributed by atoms with Gasteiger partial charge in [-0.1, -0.05) is 120 Å². The second-order valence-electron chi connectivity index (χ2n) is 10.5. The molecule has 4 rings (SSSR count). The maximum absolute atomic E-state index is 5.96. The lowest BCUT2D eigenvalue weighted by Gasteiger charge is -2.07. The van der Waals surface area contributed by atoms with Crippen LogP contribution in [0.2, 0.25) is 0 Å². The number of hydrogen-bond donors (Lipinski definition) is 0. The first-order valence-electron chi connectivity index (χ1n) is 15.0. The lowest BCUT2D eigenvalue weighted by molar-refractivity contribution is 0.304. The highest BCUT2D eigenvalue weighted by Gasteiger charge is 2.11. The minimum Gasteiger partial charge on any atom is -0.494 e. The molecule has 38 heavy (non-hydrogen) atoms. The lowest BCUT2D eigenvalue weighted by atomic mass is 10.0. The van der Waals surface area contributed by atoms with Gasteiger partial charge >= 0.3 is 0 Å². The molecule has 0 fully saturated rings.